The average Bonchev–Trinajstić information content (AvgIpc) is 2.38. The van der Waals surface area contributed by atoms with E-state index in [1.165, 1.54) is 19.3 Å². The Bertz CT molecular complexity index is 391. The van der Waals surface area contributed by atoms with E-state index in [-0.39, 0.29) is 0 Å². The summed E-state index contributed by atoms with van der Waals surface area (Å²) in [4.78, 5) is 11.4. The first-order chi connectivity index (χ1) is 8.72. The van der Waals surface area contributed by atoms with Crippen molar-refractivity contribution in [1.29, 1.82) is 0 Å². The lowest BCUT2D eigenvalue weighted by Crippen LogP contribution is -2.35. The van der Waals surface area contributed by atoms with E-state index in [2.05, 4.69) is 40.1 Å². The van der Waals surface area contributed by atoms with Crippen LogP contribution in [0, 0.1) is 12.8 Å². The van der Waals surface area contributed by atoms with Crippen LogP contribution in [0.4, 0.5) is 11.8 Å². The first kappa shape index (κ1) is 13.1. The van der Waals surface area contributed by atoms with Gasteiger partial charge in [0.1, 0.15) is 5.82 Å². The summed E-state index contributed by atoms with van der Waals surface area (Å²) in [6.07, 6.45) is 3.90. The van der Waals surface area contributed by atoms with E-state index in [1.807, 2.05) is 6.92 Å². The van der Waals surface area contributed by atoms with Gasteiger partial charge in [0.05, 0.1) is 0 Å². The van der Waals surface area contributed by atoms with Crippen molar-refractivity contribution in [1.82, 2.24) is 9.97 Å². The quantitative estimate of drug-likeness (QED) is 0.889. The van der Waals surface area contributed by atoms with Crippen molar-refractivity contribution in [2.45, 2.75) is 40.0 Å². The van der Waals surface area contributed by atoms with Crippen LogP contribution >= 0.6 is 0 Å². The second kappa shape index (κ2) is 6.03. The van der Waals surface area contributed by atoms with Crippen molar-refractivity contribution in [2.24, 2.45) is 5.92 Å². The third-order valence-corrected chi connectivity index (χ3v) is 3.60. The molecule has 1 atom stereocenters. The molecule has 4 nitrogen and oxygen atoms in total. The summed E-state index contributed by atoms with van der Waals surface area (Å²) < 4.78 is 0. The van der Waals surface area contributed by atoms with Crippen LogP contribution in [0.15, 0.2) is 6.07 Å². The first-order valence-corrected chi connectivity index (χ1v) is 7.07. The summed E-state index contributed by atoms with van der Waals surface area (Å²) >= 11 is 0. The number of nitrogens with zero attached hydrogens (tertiary/aromatic N) is 3. The molecular formula is C14H24N4. The average molecular weight is 248 g/mol. The van der Waals surface area contributed by atoms with Crippen molar-refractivity contribution >= 4 is 11.8 Å². The lowest BCUT2D eigenvalue weighted by Gasteiger charge is -2.33. The maximum absolute atomic E-state index is 4.62. The molecule has 1 saturated heterocycles. The van der Waals surface area contributed by atoms with Crippen LogP contribution in [0.1, 0.15) is 38.8 Å². The van der Waals surface area contributed by atoms with Gasteiger partial charge in [0.2, 0.25) is 5.95 Å². The molecule has 1 aliphatic rings. The Balaban J connectivity index is 2.16. The summed E-state index contributed by atoms with van der Waals surface area (Å²) in [6, 6.07) is 2.10. The number of rotatable bonds is 4. The van der Waals surface area contributed by atoms with Gasteiger partial charge in [0, 0.05) is 31.4 Å². The maximum Gasteiger partial charge on any atom is 0.224 e. The highest BCUT2D eigenvalue weighted by atomic mass is 15.2. The molecule has 2 rings (SSSR count). The number of anilines is 2. The fourth-order valence-electron chi connectivity index (χ4n) is 2.56. The molecule has 0 amide bonds. The van der Waals surface area contributed by atoms with Gasteiger partial charge >= 0.3 is 0 Å². The highest BCUT2D eigenvalue weighted by Crippen LogP contribution is 2.24. The third kappa shape index (κ3) is 3.12. The Morgan fingerprint density at radius 3 is 2.94 bits per heavy atom. The Hall–Kier alpha value is -1.32. The van der Waals surface area contributed by atoms with Crippen LogP contribution in [0.3, 0.4) is 0 Å². The van der Waals surface area contributed by atoms with Crippen molar-refractivity contribution in [2.75, 3.05) is 29.9 Å². The molecule has 0 aromatic carbocycles. The predicted octanol–water partition coefficient (Wildman–Crippen LogP) is 2.84. The summed E-state index contributed by atoms with van der Waals surface area (Å²) in [6.45, 7) is 9.51. The van der Waals surface area contributed by atoms with E-state index in [1.54, 1.807) is 0 Å². The molecule has 0 radical (unpaired) electrons. The highest BCUT2D eigenvalue weighted by molar-refractivity contribution is 5.45. The van der Waals surface area contributed by atoms with E-state index in [9.17, 15) is 0 Å². The van der Waals surface area contributed by atoms with Gasteiger partial charge in [-0.1, -0.05) is 13.3 Å². The van der Waals surface area contributed by atoms with Gasteiger partial charge in [-0.05, 0) is 32.6 Å². The van der Waals surface area contributed by atoms with Crippen LogP contribution < -0.4 is 10.2 Å². The van der Waals surface area contributed by atoms with Crippen LogP contribution in [-0.2, 0) is 0 Å². The molecule has 1 aliphatic heterocycles. The summed E-state index contributed by atoms with van der Waals surface area (Å²) in [5.41, 5.74) is 1.04. The molecule has 4 heteroatoms. The lowest BCUT2D eigenvalue weighted by atomic mass is 9.96. The van der Waals surface area contributed by atoms with Crippen molar-refractivity contribution in [3.8, 4) is 0 Å². The monoisotopic (exact) mass is 248 g/mol. The van der Waals surface area contributed by atoms with Crippen LogP contribution in [0.2, 0.25) is 0 Å². The highest BCUT2D eigenvalue weighted by Gasteiger charge is 2.20. The Morgan fingerprint density at radius 1 is 1.39 bits per heavy atom. The Kier molecular flexibility index (Phi) is 4.39. The van der Waals surface area contributed by atoms with Crippen LogP contribution in [0.25, 0.3) is 0 Å². The summed E-state index contributed by atoms with van der Waals surface area (Å²) in [7, 11) is 0. The lowest BCUT2D eigenvalue weighted by molar-refractivity contribution is 0.403. The third-order valence-electron chi connectivity index (χ3n) is 3.60. The van der Waals surface area contributed by atoms with E-state index in [0.717, 1.165) is 43.0 Å². The normalized spacial score (nSPS) is 19.9. The van der Waals surface area contributed by atoms with E-state index >= 15 is 0 Å². The standard InChI is InChI=1S/C14H24N4/c1-4-12-7-6-8-18(10-12)13-9-11(3)16-14(17-13)15-5-2/h9,12H,4-8,10H2,1-3H3,(H,15,16,17). The Morgan fingerprint density at radius 2 is 2.22 bits per heavy atom. The largest absolute Gasteiger partial charge is 0.356 e. The molecule has 0 bridgehead atoms. The number of aromatic nitrogens is 2. The zero-order valence-corrected chi connectivity index (χ0v) is 11.7. The van der Waals surface area contributed by atoms with Crippen LogP contribution in [0.5, 0.6) is 0 Å². The molecule has 1 unspecified atom stereocenters. The number of hydrogen-bond acceptors (Lipinski definition) is 4. The number of nitrogens with one attached hydrogen (secondary N) is 1. The predicted molar refractivity (Wildman–Crippen MR) is 76.2 cm³/mol. The maximum atomic E-state index is 4.62. The molecule has 2 heterocycles. The number of hydrogen-bond donors (Lipinski definition) is 1. The number of piperidine rings is 1. The minimum atomic E-state index is 0.756. The van der Waals surface area contributed by atoms with Gasteiger partial charge in [-0.15, -0.1) is 0 Å². The Labute approximate surface area is 110 Å². The van der Waals surface area contributed by atoms with Crippen LogP contribution in [-0.4, -0.2) is 29.6 Å². The van der Waals surface area contributed by atoms with E-state index in [0.29, 0.717) is 0 Å². The molecule has 1 aromatic heterocycles. The zero-order valence-electron chi connectivity index (χ0n) is 11.7. The summed E-state index contributed by atoms with van der Waals surface area (Å²) in [5, 5.41) is 3.20. The molecule has 1 fully saturated rings. The fourth-order valence-corrected chi connectivity index (χ4v) is 2.56. The second-order valence-corrected chi connectivity index (χ2v) is 5.08. The molecule has 0 saturated carbocycles. The molecule has 1 N–H and O–H groups in total. The van der Waals surface area contributed by atoms with Crippen molar-refractivity contribution in [3.05, 3.63) is 11.8 Å². The number of aryl methyl sites for hydroxylation is 1. The SMILES string of the molecule is CCNc1nc(C)cc(N2CCCC(CC)C2)n1. The van der Waals surface area contributed by atoms with E-state index in [4.69, 9.17) is 0 Å². The minimum Gasteiger partial charge on any atom is -0.356 e. The summed E-state index contributed by atoms with van der Waals surface area (Å²) in [5.74, 6) is 2.65. The molecular weight excluding hydrogens is 224 g/mol. The molecule has 0 spiro atoms. The van der Waals surface area contributed by atoms with Crippen molar-refractivity contribution < 1.29 is 0 Å². The molecule has 100 valence electrons. The smallest absolute Gasteiger partial charge is 0.224 e. The topological polar surface area (TPSA) is 41.1 Å². The fraction of sp³-hybridized carbons (Fsp3) is 0.714. The van der Waals surface area contributed by atoms with Gasteiger partial charge in [0.25, 0.3) is 0 Å². The van der Waals surface area contributed by atoms with Gasteiger partial charge in [0.15, 0.2) is 0 Å². The van der Waals surface area contributed by atoms with Crippen molar-refractivity contribution in [3.63, 3.8) is 0 Å². The van der Waals surface area contributed by atoms with Gasteiger partial charge < -0.3 is 10.2 Å². The van der Waals surface area contributed by atoms with E-state index < -0.39 is 0 Å². The molecule has 18 heavy (non-hydrogen) atoms. The minimum absolute atomic E-state index is 0.756. The van der Waals surface area contributed by atoms with Gasteiger partial charge in [-0.25, -0.2) is 4.98 Å². The molecule has 1 aromatic rings. The molecule has 0 aliphatic carbocycles. The zero-order chi connectivity index (χ0) is 13.0. The van der Waals surface area contributed by atoms with Gasteiger partial charge in [-0.2, -0.15) is 4.98 Å². The first-order valence-electron chi connectivity index (χ1n) is 7.07. The van der Waals surface area contributed by atoms with Gasteiger partial charge in [-0.3, -0.25) is 0 Å². The second-order valence-electron chi connectivity index (χ2n) is 5.08.